The van der Waals surface area contributed by atoms with Gasteiger partial charge in [-0.25, -0.2) is 9.48 Å². The Hall–Kier alpha value is -2.63. The van der Waals surface area contributed by atoms with Crippen LogP contribution in [0.5, 0.6) is 0 Å². The number of anilines is 1. The maximum atomic E-state index is 10.9. The molecule has 6 heteroatoms. The van der Waals surface area contributed by atoms with Crippen LogP contribution >= 0.6 is 0 Å². The number of hydrogen-bond acceptors (Lipinski definition) is 3. The molecule has 2 aromatic rings. The summed E-state index contributed by atoms with van der Waals surface area (Å²) < 4.78 is 1.54. The SMILES string of the molecule is CC(=O)Nc1ccc(-n2ncc(C(=O)O)c2C)cc1. The Balaban J connectivity index is 2.32. The summed E-state index contributed by atoms with van der Waals surface area (Å²) in [5.41, 5.74) is 2.14. The molecule has 1 aromatic carbocycles. The molecule has 0 unspecified atom stereocenters. The number of carbonyl (C=O) groups is 2. The highest BCUT2D eigenvalue weighted by molar-refractivity contribution is 5.89. The van der Waals surface area contributed by atoms with E-state index < -0.39 is 5.97 Å². The van der Waals surface area contributed by atoms with Gasteiger partial charge in [-0.1, -0.05) is 0 Å². The number of carboxylic acid groups (broad SMARTS) is 1. The van der Waals surface area contributed by atoms with E-state index in [1.54, 1.807) is 35.9 Å². The van der Waals surface area contributed by atoms with Gasteiger partial charge in [-0.3, -0.25) is 4.79 Å². The van der Waals surface area contributed by atoms with Gasteiger partial charge in [-0.2, -0.15) is 5.10 Å². The van der Waals surface area contributed by atoms with Crippen molar-refractivity contribution in [2.24, 2.45) is 0 Å². The first-order valence-electron chi connectivity index (χ1n) is 5.65. The molecule has 2 N–H and O–H groups in total. The van der Waals surface area contributed by atoms with E-state index in [0.717, 1.165) is 5.69 Å². The molecule has 6 nitrogen and oxygen atoms in total. The monoisotopic (exact) mass is 259 g/mol. The summed E-state index contributed by atoms with van der Waals surface area (Å²) in [6.07, 6.45) is 1.32. The van der Waals surface area contributed by atoms with E-state index in [4.69, 9.17) is 5.11 Å². The van der Waals surface area contributed by atoms with Gasteiger partial charge >= 0.3 is 5.97 Å². The number of benzene rings is 1. The van der Waals surface area contributed by atoms with Crippen LogP contribution < -0.4 is 5.32 Å². The van der Waals surface area contributed by atoms with Crippen LogP contribution in [-0.2, 0) is 4.79 Å². The zero-order chi connectivity index (χ0) is 14.0. The van der Waals surface area contributed by atoms with E-state index in [-0.39, 0.29) is 11.5 Å². The highest BCUT2D eigenvalue weighted by Gasteiger charge is 2.13. The summed E-state index contributed by atoms with van der Waals surface area (Å²) in [4.78, 5) is 21.8. The minimum Gasteiger partial charge on any atom is -0.478 e. The Morgan fingerprint density at radius 3 is 2.37 bits per heavy atom. The van der Waals surface area contributed by atoms with E-state index >= 15 is 0 Å². The van der Waals surface area contributed by atoms with Gasteiger partial charge in [-0.15, -0.1) is 0 Å². The molecule has 0 atom stereocenters. The molecule has 1 amide bonds. The molecule has 1 heterocycles. The van der Waals surface area contributed by atoms with Gasteiger partial charge in [0.05, 0.1) is 17.6 Å². The van der Waals surface area contributed by atoms with Crippen molar-refractivity contribution in [1.82, 2.24) is 9.78 Å². The minimum absolute atomic E-state index is 0.142. The van der Waals surface area contributed by atoms with Crippen molar-refractivity contribution in [3.8, 4) is 5.69 Å². The molecule has 2 rings (SSSR count). The summed E-state index contributed by atoms with van der Waals surface area (Å²) in [5.74, 6) is -1.14. The largest absolute Gasteiger partial charge is 0.478 e. The summed E-state index contributed by atoms with van der Waals surface area (Å²) in [6, 6.07) is 6.99. The zero-order valence-corrected chi connectivity index (χ0v) is 10.5. The Morgan fingerprint density at radius 1 is 1.26 bits per heavy atom. The van der Waals surface area contributed by atoms with Crippen LogP contribution in [0.3, 0.4) is 0 Å². The third kappa shape index (κ3) is 2.62. The van der Waals surface area contributed by atoms with E-state index in [1.165, 1.54) is 13.1 Å². The lowest BCUT2D eigenvalue weighted by Crippen LogP contribution is -2.06. The normalized spacial score (nSPS) is 10.2. The molecule has 0 bridgehead atoms. The van der Waals surface area contributed by atoms with Gasteiger partial charge < -0.3 is 10.4 Å². The Morgan fingerprint density at radius 2 is 1.89 bits per heavy atom. The molecular weight excluding hydrogens is 246 g/mol. The quantitative estimate of drug-likeness (QED) is 0.880. The maximum Gasteiger partial charge on any atom is 0.339 e. The number of amides is 1. The predicted molar refractivity (Wildman–Crippen MR) is 69.6 cm³/mol. The third-order valence-electron chi connectivity index (χ3n) is 2.67. The van der Waals surface area contributed by atoms with Crippen LogP contribution in [-0.4, -0.2) is 26.8 Å². The number of nitrogens with one attached hydrogen (secondary N) is 1. The number of rotatable bonds is 3. The van der Waals surface area contributed by atoms with Crippen LogP contribution in [0.15, 0.2) is 30.5 Å². The zero-order valence-electron chi connectivity index (χ0n) is 10.5. The minimum atomic E-state index is -1.00. The van der Waals surface area contributed by atoms with Crippen LogP contribution in [0.4, 0.5) is 5.69 Å². The lowest BCUT2D eigenvalue weighted by Gasteiger charge is -2.06. The molecule has 0 radical (unpaired) electrons. The van der Waals surface area contributed by atoms with Crippen LogP contribution in [0.2, 0.25) is 0 Å². The van der Waals surface area contributed by atoms with Gasteiger partial charge in [0.25, 0.3) is 0 Å². The highest BCUT2D eigenvalue weighted by Crippen LogP contribution is 2.16. The van der Waals surface area contributed by atoms with Crippen molar-refractivity contribution in [3.63, 3.8) is 0 Å². The summed E-state index contributed by atoms with van der Waals surface area (Å²) >= 11 is 0. The second-order valence-corrected chi connectivity index (χ2v) is 4.09. The number of carboxylic acids is 1. The second-order valence-electron chi connectivity index (χ2n) is 4.09. The van der Waals surface area contributed by atoms with Crippen molar-refractivity contribution in [2.45, 2.75) is 13.8 Å². The fraction of sp³-hybridized carbons (Fsp3) is 0.154. The lowest BCUT2D eigenvalue weighted by molar-refractivity contribution is -0.114. The van der Waals surface area contributed by atoms with Crippen molar-refractivity contribution < 1.29 is 14.7 Å². The van der Waals surface area contributed by atoms with Crippen molar-refractivity contribution in [1.29, 1.82) is 0 Å². The number of nitrogens with zero attached hydrogens (tertiary/aromatic N) is 2. The van der Waals surface area contributed by atoms with Crippen molar-refractivity contribution in [2.75, 3.05) is 5.32 Å². The number of aromatic carboxylic acids is 1. The molecule has 0 spiro atoms. The Kier molecular flexibility index (Phi) is 3.33. The van der Waals surface area contributed by atoms with Gasteiger partial charge in [0.2, 0.25) is 5.91 Å². The van der Waals surface area contributed by atoms with Crippen molar-refractivity contribution >= 4 is 17.6 Å². The summed E-state index contributed by atoms with van der Waals surface area (Å²) in [7, 11) is 0. The third-order valence-corrected chi connectivity index (χ3v) is 2.67. The van der Waals surface area contributed by atoms with Crippen LogP contribution in [0.1, 0.15) is 23.0 Å². The van der Waals surface area contributed by atoms with Crippen LogP contribution in [0.25, 0.3) is 5.69 Å². The van der Waals surface area contributed by atoms with Gasteiger partial charge in [0.15, 0.2) is 0 Å². The first kappa shape index (κ1) is 12.8. The van der Waals surface area contributed by atoms with Gasteiger partial charge in [0, 0.05) is 12.6 Å². The molecular formula is C13H13N3O3. The number of aromatic nitrogens is 2. The summed E-state index contributed by atoms with van der Waals surface area (Å²) in [6.45, 7) is 3.13. The predicted octanol–water partition coefficient (Wildman–Crippen LogP) is 1.84. The molecule has 98 valence electrons. The molecule has 0 aliphatic carbocycles. The topological polar surface area (TPSA) is 84.2 Å². The average Bonchev–Trinajstić information content (AvgIpc) is 2.71. The fourth-order valence-electron chi connectivity index (χ4n) is 1.77. The molecule has 0 aliphatic rings. The molecule has 0 aliphatic heterocycles. The number of carbonyl (C=O) groups excluding carboxylic acids is 1. The molecule has 19 heavy (non-hydrogen) atoms. The fourth-order valence-corrected chi connectivity index (χ4v) is 1.77. The first-order valence-corrected chi connectivity index (χ1v) is 5.65. The van der Waals surface area contributed by atoms with Crippen LogP contribution in [0, 0.1) is 6.92 Å². The lowest BCUT2D eigenvalue weighted by atomic mass is 10.2. The molecule has 0 fully saturated rings. The summed E-state index contributed by atoms with van der Waals surface area (Å²) in [5, 5.41) is 15.7. The Bertz CT molecular complexity index is 629. The van der Waals surface area contributed by atoms with E-state index in [0.29, 0.717) is 11.4 Å². The first-order chi connectivity index (χ1) is 8.99. The van der Waals surface area contributed by atoms with E-state index in [2.05, 4.69) is 10.4 Å². The van der Waals surface area contributed by atoms with E-state index in [1.807, 2.05) is 0 Å². The number of hydrogen-bond donors (Lipinski definition) is 2. The smallest absolute Gasteiger partial charge is 0.339 e. The highest BCUT2D eigenvalue weighted by atomic mass is 16.4. The van der Waals surface area contributed by atoms with Gasteiger partial charge in [-0.05, 0) is 31.2 Å². The van der Waals surface area contributed by atoms with Gasteiger partial charge in [0.1, 0.15) is 5.56 Å². The van der Waals surface area contributed by atoms with Crippen molar-refractivity contribution in [3.05, 3.63) is 41.7 Å². The maximum absolute atomic E-state index is 10.9. The molecule has 1 aromatic heterocycles. The molecule has 0 saturated carbocycles. The van der Waals surface area contributed by atoms with E-state index in [9.17, 15) is 9.59 Å². The standard InChI is InChI=1S/C13H13N3O3/c1-8-12(13(18)19)7-14-16(8)11-5-3-10(4-6-11)15-9(2)17/h3-7H,1-2H3,(H,15,17)(H,18,19). The Labute approximate surface area is 109 Å². The average molecular weight is 259 g/mol. The second kappa shape index (κ2) is 4.93. The molecule has 0 saturated heterocycles.